The highest BCUT2D eigenvalue weighted by Gasteiger charge is 2.29. The predicted octanol–water partition coefficient (Wildman–Crippen LogP) is 2.24. The zero-order chi connectivity index (χ0) is 17.1. The lowest BCUT2D eigenvalue weighted by atomic mass is 10.1. The van der Waals surface area contributed by atoms with Crippen molar-refractivity contribution in [2.75, 3.05) is 11.4 Å². The van der Waals surface area contributed by atoms with Gasteiger partial charge in [-0.3, -0.25) is 4.79 Å². The first-order valence-corrected chi connectivity index (χ1v) is 8.14. The Morgan fingerprint density at radius 1 is 1.25 bits per heavy atom. The molecule has 0 unspecified atom stereocenters. The first-order chi connectivity index (χ1) is 11.5. The van der Waals surface area contributed by atoms with E-state index in [4.69, 9.17) is 5.11 Å². The Labute approximate surface area is 140 Å². The summed E-state index contributed by atoms with van der Waals surface area (Å²) in [6.07, 6.45) is 4.09. The van der Waals surface area contributed by atoms with Crippen molar-refractivity contribution in [3.63, 3.8) is 0 Å². The van der Waals surface area contributed by atoms with Crippen molar-refractivity contribution in [2.24, 2.45) is 0 Å². The van der Waals surface area contributed by atoms with Gasteiger partial charge in [0, 0.05) is 36.1 Å². The van der Waals surface area contributed by atoms with E-state index in [-0.39, 0.29) is 12.5 Å². The van der Waals surface area contributed by atoms with E-state index in [9.17, 15) is 4.79 Å². The molecule has 1 fully saturated rings. The molecule has 0 amide bonds. The highest BCUT2D eigenvalue weighted by atomic mass is 16.4. The van der Waals surface area contributed by atoms with Crippen molar-refractivity contribution < 1.29 is 9.90 Å². The minimum absolute atomic E-state index is 0.0720. The number of hydrogen-bond acceptors (Lipinski definition) is 6. The first kappa shape index (κ1) is 16.3. The molecule has 0 radical (unpaired) electrons. The van der Waals surface area contributed by atoms with E-state index >= 15 is 0 Å². The molecule has 2 aromatic rings. The summed E-state index contributed by atoms with van der Waals surface area (Å²) < 4.78 is 0. The summed E-state index contributed by atoms with van der Waals surface area (Å²) in [6, 6.07) is 3.91. The van der Waals surface area contributed by atoms with Gasteiger partial charge in [-0.2, -0.15) is 0 Å². The summed E-state index contributed by atoms with van der Waals surface area (Å²) >= 11 is 0. The number of aromatic nitrogens is 4. The van der Waals surface area contributed by atoms with Crippen molar-refractivity contribution in [1.29, 1.82) is 0 Å². The van der Waals surface area contributed by atoms with Gasteiger partial charge in [-0.05, 0) is 32.8 Å². The topological polar surface area (TPSA) is 92.1 Å². The van der Waals surface area contributed by atoms with E-state index in [0.29, 0.717) is 6.42 Å². The summed E-state index contributed by atoms with van der Waals surface area (Å²) in [7, 11) is 0. The number of hydrogen-bond donors (Lipinski definition) is 1. The largest absolute Gasteiger partial charge is 0.481 e. The van der Waals surface area contributed by atoms with Crippen molar-refractivity contribution >= 4 is 11.8 Å². The van der Waals surface area contributed by atoms with Gasteiger partial charge in [-0.15, -0.1) is 0 Å². The zero-order valence-corrected chi connectivity index (χ0v) is 13.9. The van der Waals surface area contributed by atoms with Gasteiger partial charge in [-0.25, -0.2) is 19.9 Å². The van der Waals surface area contributed by atoms with Gasteiger partial charge in [-0.1, -0.05) is 0 Å². The maximum Gasteiger partial charge on any atom is 0.303 e. The van der Waals surface area contributed by atoms with Crippen LogP contribution in [0.3, 0.4) is 0 Å². The van der Waals surface area contributed by atoms with Gasteiger partial charge < -0.3 is 10.0 Å². The number of anilines is 1. The molecule has 3 heterocycles. The lowest BCUT2D eigenvalue weighted by molar-refractivity contribution is -0.136. The van der Waals surface area contributed by atoms with Crippen LogP contribution in [0.15, 0.2) is 18.5 Å². The van der Waals surface area contributed by atoms with Gasteiger partial charge in [0.05, 0.1) is 12.5 Å². The Balaban J connectivity index is 1.88. The molecule has 1 atom stereocenters. The fourth-order valence-corrected chi connectivity index (χ4v) is 3.08. The third kappa shape index (κ3) is 3.67. The number of rotatable bonds is 5. The summed E-state index contributed by atoms with van der Waals surface area (Å²) in [5.41, 5.74) is 2.58. The second kappa shape index (κ2) is 6.90. The van der Waals surface area contributed by atoms with Crippen molar-refractivity contribution in [3.05, 3.63) is 41.4 Å². The SMILES string of the molecule is Cc1cc(N2CCC[C@@H]2c2nc(C)cc(CCC(=O)O)n2)ncn1. The van der Waals surface area contributed by atoms with E-state index in [2.05, 4.69) is 24.8 Å². The molecular weight excluding hydrogens is 306 g/mol. The van der Waals surface area contributed by atoms with Gasteiger partial charge in [0.2, 0.25) is 0 Å². The lowest BCUT2D eigenvalue weighted by Gasteiger charge is -2.25. The molecule has 0 spiro atoms. The molecule has 0 aromatic carbocycles. The molecule has 7 nitrogen and oxygen atoms in total. The second-order valence-corrected chi connectivity index (χ2v) is 6.12. The molecular formula is C17H21N5O2. The lowest BCUT2D eigenvalue weighted by Crippen LogP contribution is -2.25. The van der Waals surface area contributed by atoms with Crippen LogP contribution in [0.25, 0.3) is 0 Å². The van der Waals surface area contributed by atoms with Crippen LogP contribution in [0, 0.1) is 13.8 Å². The molecule has 24 heavy (non-hydrogen) atoms. The number of aryl methyl sites for hydroxylation is 3. The minimum Gasteiger partial charge on any atom is -0.481 e. The molecule has 2 aromatic heterocycles. The average Bonchev–Trinajstić information content (AvgIpc) is 3.02. The van der Waals surface area contributed by atoms with Crippen molar-refractivity contribution in [3.8, 4) is 0 Å². The Morgan fingerprint density at radius 2 is 2.08 bits per heavy atom. The maximum absolute atomic E-state index is 10.8. The van der Waals surface area contributed by atoms with Crippen LogP contribution in [0.2, 0.25) is 0 Å². The Hall–Kier alpha value is -2.57. The maximum atomic E-state index is 10.8. The molecule has 0 saturated carbocycles. The number of nitrogens with zero attached hydrogens (tertiary/aromatic N) is 5. The Kier molecular flexibility index (Phi) is 4.69. The smallest absolute Gasteiger partial charge is 0.303 e. The molecule has 0 bridgehead atoms. The quantitative estimate of drug-likeness (QED) is 0.900. The molecule has 1 aliphatic rings. The number of aliphatic carboxylic acids is 1. The minimum atomic E-state index is -0.813. The van der Waals surface area contributed by atoms with Crippen LogP contribution in [-0.4, -0.2) is 37.6 Å². The fourth-order valence-electron chi connectivity index (χ4n) is 3.08. The van der Waals surface area contributed by atoms with Gasteiger partial charge in [0.1, 0.15) is 12.1 Å². The summed E-state index contributed by atoms with van der Waals surface area (Å²) in [4.78, 5) is 30.8. The van der Waals surface area contributed by atoms with Crippen LogP contribution in [0.4, 0.5) is 5.82 Å². The standard InChI is InChI=1S/C17H21N5O2/c1-11-9-15(19-10-18-11)22-7-3-4-14(22)17-20-12(2)8-13(21-17)5-6-16(23)24/h8-10,14H,3-7H2,1-2H3,(H,23,24)/t14-/m1/s1. The normalized spacial score (nSPS) is 17.2. The van der Waals surface area contributed by atoms with Crippen LogP contribution >= 0.6 is 0 Å². The van der Waals surface area contributed by atoms with E-state index < -0.39 is 5.97 Å². The molecule has 126 valence electrons. The Morgan fingerprint density at radius 3 is 2.83 bits per heavy atom. The third-order valence-electron chi connectivity index (χ3n) is 4.15. The monoisotopic (exact) mass is 327 g/mol. The van der Waals surface area contributed by atoms with Crippen LogP contribution in [0.1, 0.15) is 48.2 Å². The summed E-state index contributed by atoms with van der Waals surface area (Å²) in [6.45, 7) is 4.77. The predicted molar refractivity (Wildman–Crippen MR) is 88.8 cm³/mol. The van der Waals surface area contributed by atoms with E-state index in [1.54, 1.807) is 6.33 Å². The first-order valence-electron chi connectivity index (χ1n) is 8.14. The van der Waals surface area contributed by atoms with E-state index in [1.165, 1.54) is 0 Å². The number of carboxylic acids is 1. The van der Waals surface area contributed by atoms with Crippen molar-refractivity contribution in [2.45, 2.75) is 45.6 Å². The molecule has 1 N–H and O–H groups in total. The summed E-state index contributed by atoms with van der Waals surface area (Å²) in [5, 5.41) is 8.88. The van der Waals surface area contributed by atoms with Crippen molar-refractivity contribution in [1.82, 2.24) is 19.9 Å². The molecule has 3 rings (SSSR count). The molecule has 1 saturated heterocycles. The number of carboxylic acid groups (broad SMARTS) is 1. The van der Waals surface area contributed by atoms with Crippen LogP contribution in [-0.2, 0) is 11.2 Å². The Bertz CT molecular complexity index is 750. The zero-order valence-electron chi connectivity index (χ0n) is 13.9. The van der Waals surface area contributed by atoms with Gasteiger partial charge in [0.25, 0.3) is 0 Å². The van der Waals surface area contributed by atoms with Gasteiger partial charge >= 0.3 is 5.97 Å². The molecule has 0 aliphatic carbocycles. The highest BCUT2D eigenvalue weighted by Crippen LogP contribution is 2.33. The van der Waals surface area contributed by atoms with Crippen LogP contribution in [0.5, 0.6) is 0 Å². The third-order valence-corrected chi connectivity index (χ3v) is 4.15. The fraction of sp³-hybridized carbons (Fsp3) is 0.471. The molecule has 7 heteroatoms. The molecule has 1 aliphatic heterocycles. The van der Waals surface area contributed by atoms with Crippen LogP contribution < -0.4 is 4.90 Å². The summed E-state index contributed by atoms with van der Waals surface area (Å²) in [5.74, 6) is 0.832. The van der Waals surface area contributed by atoms with E-state index in [0.717, 1.165) is 48.1 Å². The second-order valence-electron chi connectivity index (χ2n) is 6.12. The number of carbonyl (C=O) groups is 1. The highest BCUT2D eigenvalue weighted by molar-refractivity contribution is 5.66. The van der Waals surface area contributed by atoms with Gasteiger partial charge in [0.15, 0.2) is 5.82 Å². The average molecular weight is 327 g/mol. The van der Waals surface area contributed by atoms with E-state index in [1.807, 2.05) is 26.0 Å².